The van der Waals surface area contributed by atoms with Crippen LogP contribution in [-0.2, 0) is 14.3 Å². The predicted molar refractivity (Wildman–Crippen MR) is 222 cm³/mol. The molecule has 0 saturated carbocycles. The molecule has 0 aliphatic carbocycles. The Morgan fingerprint density at radius 1 is 0.814 bits per heavy atom. The number of aromatic amines is 2. The van der Waals surface area contributed by atoms with Crippen molar-refractivity contribution in [2.24, 2.45) is 0 Å². The number of benzene rings is 4. The molecule has 5 atom stereocenters. The molecular formula is C45H45N9O5. The molecule has 0 spiro atoms. The zero-order valence-electron chi connectivity index (χ0n) is 33.1. The van der Waals surface area contributed by atoms with Crippen LogP contribution in [0.2, 0.25) is 0 Å². The van der Waals surface area contributed by atoms with Gasteiger partial charge in [0, 0.05) is 18.0 Å². The molecule has 300 valence electrons. The molecule has 3 saturated heterocycles. The first kappa shape index (κ1) is 36.8. The summed E-state index contributed by atoms with van der Waals surface area (Å²) in [5.41, 5.74) is 9.07. The first-order chi connectivity index (χ1) is 28.7. The van der Waals surface area contributed by atoms with E-state index in [4.69, 9.17) is 19.2 Å². The Balaban J connectivity index is 0.856. The second-order valence-electron chi connectivity index (χ2n) is 16.2. The van der Waals surface area contributed by atoms with E-state index < -0.39 is 18.2 Å². The number of nitrogens with one attached hydrogen (secondary N) is 3. The van der Waals surface area contributed by atoms with E-state index in [-0.39, 0.29) is 29.9 Å². The van der Waals surface area contributed by atoms with E-state index in [1.54, 1.807) is 0 Å². The van der Waals surface area contributed by atoms with Gasteiger partial charge in [-0.3, -0.25) is 14.5 Å². The van der Waals surface area contributed by atoms with Crippen molar-refractivity contribution >= 4 is 50.9 Å². The summed E-state index contributed by atoms with van der Waals surface area (Å²) < 4.78 is 10.3. The summed E-state index contributed by atoms with van der Waals surface area (Å²) in [4.78, 5) is 62.3. The van der Waals surface area contributed by atoms with Gasteiger partial charge in [-0.05, 0) is 111 Å². The van der Waals surface area contributed by atoms with Gasteiger partial charge in [0.1, 0.15) is 29.4 Å². The molecule has 10 rings (SSSR count). The minimum Gasteiger partial charge on any atom is -0.453 e. The Kier molecular flexibility index (Phi) is 9.15. The number of fused-ring (bicyclic) bond motifs is 4. The van der Waals surface area contributed by atoms with Crippen LogP contribution in [0.3, 0.4) is 0 Å². The molecule has 1 unspecified atom stereocenters. The number of hydrogen-bond donors (Lipinski definition) is 3. The highest BCUT2D eigenvalue weighted by Gasteiger charge is 2.45. The standard InChI is InChI=1S/C45H45N9O5/c1-52(2)40(39-30-7-4-5-9-38(30)59-51-39)44(56)53-22-6-8-36(53)41-46-31-18-14-27(23-34(31)48-41)25-10-12-26(13-11-25)28-15-19-32-35(24-28)49-42(47-32)37-21-17-29-16-20-33(43(55)54(29)37)50-45(57)58-3/h4-5,7,9-15,18-19,23-24,29,33,36-37,40H,6,8,16-17,20-22H2,1-3H3,(H,46,48)(H,47,49)(H,50,57)/t29-,33-,36-,37-,40?/m0/s1. The number of hydrogen-bond acceptors (Lipinski definition) is 9. The fraction of sp³-hybridized carbons (Fsp3) is 0.333. The molecule has 4 aromatic carbocycles. The number of rotatable bonds is 8. The number of H-pyrrole nitrogens is 2. The van der Waals surface area contributed by atoms with Gasteiger partial charge in [-0.15, -0.1) is 0 Å². The molecule has 3 aliphatic rings. The Labute approximate surface area is 339 Å². The summed E-state index contributed by atoms with van der Waals surface area (Å²) in [6.45, 7) is 0.644. The number of nitrogens with zero attached hydrogens (tertiary/aromatic N) is 6. The summed E-state index contributed by atoms with van der Waals surface area (Å²) in [5.74, 6) is 1.45. The normalized spacial score (nSPS) is 21.2. The quantitative estimate of drug-likeness (QED) is 0.142. The van der Waals surface area contributed by atoms with Gasteiger partial charge in [0.2, 0.25) is 11.8 Å². The van der Waals surface area contributed by atoms with Crippen molar-refractivity contribution in [3.63, 3.8) is 0 Å². The zero-order chi connectivity index (χ0) is 40.4. The van der Waals surface area contributed by atoms with E-state index >= 15 is 0 Å². The lowest BCUT2D eigenvalue weighted by Gasteiger charge is -2.37. The minimum absolute atomic E-state index is 0.0182. The van der Waals surface area contributed by atoms with Crippen LogP contribution in [0.1, 0.15) is 74.0 Å². The summed E-state index contributed by atoms with van der Waals surface area (Å²) in [7, 11) is 5.10. The molecular weight excluding hydrogens is 747 g/mol. The first-order valence-corrected chi connectivity index (χ1v) is 20.3. The van der Waals surface area contributed by atoms with Crippen molar-refractivity contribution in [2.75, 3.05) is 27.7 Å². The van der Waals surface area contributed by atoms with Crippen molar-refractivity contribution in [1.29, 1.82) is 0 Å². The molecule has 3 fully saturated rings. The third-order valence-corrected chi connectivity index (χ3v) is 12.5. The highest BCUT2D eigenvalue weighted by molar-refractivity contribution is 5.91. The minimum atomic E-state index is -0.593. The van der Waals surface area contributed by atoms with Gasteiger partial charge in [-0.1, -0.05) is 53.7 Å². The highest BCUT2D eigenvalue weighted by atomic mass is 16.5. The SMILES string of the molecule is COC(=O)N[C@H]1CC[C@H]2CC[C@@H](c3nc4ccc(-c5ccc(-c6ccc7nc([C@@H]8CCCN8C(=O)C(c8noc9ccccc89)N(C)C)[nH]c7c6)cc5)cc4[nH]3)N2C1=O. The number of likely N-dealkylation sites (tertiary alicyclic amines) is 1. The average Bonchev–Trinajstić information content (AvgIpc) is 4.10. The van der Waals surface area contributed by atoms with Gasteiger partial charge in [-0.2, -0.15) is 0 Å². The number of amides is 3. The lowest BCUT2D eigenvalue weighted by molar-refractivity contribution is -0.140. The number of para-hydroxylation sites is 1. The molecule has 3 N–H and O–H groups in total. The Hall–Kier alpha value is -6.54. The van der Waals surface area contributed by atoms with Gasteiger partial charge >= 0.3 is 6.09 Å². The number of piperidine rings is 1. The molecule has 59 heavy (non-hydrogen) atoms. The topological polar surface area (TPSA) is 166 Å². The maximum Gasteiger partial charge on any atom is 0.407 e. The van der Waals surface area contributed by atoms with Gasteiger partial charge in [-0.25, -0.2) is 14.8 Å². The van der Waals surface area contributed by atoms with Gasteiger partial charge in [0.05, 0.1) is 41.3 Å². The van der Waals surface area contributed by atoms with Crippen LogP contribution in [0, 0.1) is 0 Å². The summed E-state index contributed by atoms with van der Waals surface area (Å²) >= 11 is 0. The van der Waals surface area contributed by atoms with E-state index in [1.807, 2.05) is 65.2 Å². The Bertz CT molecular complexity index is 2730. The lowest BCUT2D eigenvalue weighted by Crippen LogP contribution is -2.54. The number of alkyl carbamates (subject to hydrolysis) is 1. The van der Waals surface area contributed by atoms with Crippen LogP contribution in [-0.4, -0.2) is 97.5 Å². The number of imidazole rings is 2. The lowest BCUT2D eigenvalue weighted by atomic mass is 9.98. The fourth-order valence-electron chi connectivity index (χ4n) is 9.51. The third kappa shape index (κ3) is 6.47. The van der Waals surface area contributed by atoms with E-state index in [0.29, 0.717) is 24.2 Å². The monoisotopic (exact) mass is 791 g/mol. The fourth-order valence-corrected chi connectivity index (χ4v) is 9.51. The molecule has 3 aromatic heterocycles. The van der Waals surface area contributed by atoms with Gasteiger partial charge in [0.25, 0.3) is 0 Å². The van der Waals surface area contributed by atoms with Crippen LogP contribution in [0.25, 0.3) is 55.3 Å². The molecule has 6 heterocycles. The third-order valence-electron chi connectivity index (χ3n) is 12.5. The summed E-state index contributed by atoms with van der Waals surface area (Å²) in [5, 5.41) is 7.88. The van der Waals surface area contributed by atoms with Gasteiger partial charge in [0.15, 0.2) is 5.58 Å². The van der Waals surface area contributed by atoms with Crippen LogP contribution in [0.5, 0.6) is 0 Å². The zero-order valence-corrected chi connectivity index (χ0v) is 33.1. The van der Waals surface area contributed by atoms with Crippen molar-refractivity contribution in [2.45, 2.75) is 68.7 Å². The van der Waals surface area contributed by atoms with Gasteiger partial charge < -0.3 is 34.3 Å². The number of methoxy groups -OCH3 is 1. The van der Waals surface area contributed by atoms with Crippen LogP contribution in [0.4, 0.5) is 4.79 Å². The number of aromatic nitrogens is 5. The summed E-state index contributed by atoms with van der Waals surface area (Å²) in [6, 6.07) is 27.2. The Morgan fingerprint density at radius 2 is 1.44 bits per heavy atom. The van der Waals surface area contributed by atoms with E-state index in [9.17, 15) is 14.4 Å². The summed E-state index contributed by atoms with van der Waals surface area (Å²) in [6.07, 6.45) is 4.28. The Morgan fingerprint density at radius 3 is 2.10 bits per heavy atom. The van der Waals surface area contributed by atoms with Crippen molar-refractivity contribution in [3.8, 4) is 22.3 Å². The highest BCUT2D eigenvalue weighted by Crippen LogP contribution is 2.41. The van der Waals surface area contributed by atoms with E-state index in [0.717, 1.165) is 93.5 Å². The number of likely N-dealkylation sites (N-methyl/N-ethyl adjacent to an activating group) is 1. The number of ether oxygens (including phenoxy) is 1. The van der Waals surface area contributed by atoms with E-state index in [2.05, 4.69) is 69.0 Å². The molecule has 14 nitrogen and oxygen atoms in total. The van der Waals surface area contributed by atoms with E-state index in [1.165, 1.54) is 7.11 Å². The second-order valence-corrected chi connectivity index (χ2v) is 16.2. The van der Waals surface area contributed by atoms with Crippen molar-refractivity contribution < 1.29 is 23.6 Å². The molecule has 14 heteroatoms. The largest absolute Gasteiger partial charge is 0.453 e. The first-order valence-electron chi connectivity index (χ1n) is 20.3. The molecule has 0 bridgehead atoms. The van der Waals surface area contributed by atoms with Crippen molar-refractivity contribution in [1.82, 2.24) is 45.1 Å². The molecule has 3 amide bonds. The average molecular weight is 792 g/mol. The maximum absolute atomic E-state index is 14.2. The smallest absolute Gasteiger partial charge is 0.407 e. The maximum atomic E-state index is 14.2. The van der Waals surface area contributed by atoms with Crippen LogP contribution in [0.15, 0.2) is 89.5 Å². The number of carbonyl (C=O) groups is 3. The molecule has 7 aromatic rings. The molecule has 3 aliphatic heterocycles. The predicted octanol–water partition coefficient (Wildman–Crippen LogP) is 7.43. The molecule has 0 radical (unpaired) electrons. The van der Waals surface area contributed by atoms with Crippen LogP contribution >= 0.6 is 0 Å². The second kappa shape index (κ2) is 14.7. The van der Waals surface area contributed by atoms with Crippen molar-refractivity contribution in [3.05, 3.63) is 102 Å². The van der Waals surface area contributed by atoms with Crippen LogP contribution < -0.4 is 5.32 Å². The number of carbonyl (C=O) groups excluding carboxylic acids is 3.